The number of rotatable bonds is 4. The molecule has 0 spiro atoms. The molecule has 2 rings (SSSR count). The molecule has 0 amide bonds. The Labute approximate surface area is 118 Å². The number of nitrogens with one attached hydrogen (secondary N) is 1. The third-order valence-electron chi connectivity index (χ3n) is 3.70. The van der Waals surface area contributed by atoms with Crippen LogP contribution in [0.5, 0.6) is 0 Å². The van der Waals surface area contributed by atoms with Crippen LogP contribution in [0.4, 0.5) is 4.39 Å². The van der Waals surface area contributed by atoms with Crippen molar-refractivity contribution in [2.75, 3.05) is 0 Å². The summed E-state index contributed by atoms with van der Waals surface area (Å²) < 4.78 is 15.1. The van der Waals surface area contributed by atoms with Gasteiger partial charge in [-0.05, 0) is 43.2 Å². The highest BCUT2D eigenvalue weighted by molar-refractivity contribution is 5.34. The lowest BCUT2D eigenvalue weighted by molar-refractivity contribution is 0.563. The molecule has 0 fully saturated rings. The summed E-state index contributed by atoms with van der Waals surface area (Å²) in [4.78, 5) is 0. The zero-order valence-electron chi connectivity index (χ0n) is 11.9. The number of aromatic nitrogens is 1. The highest BCUT2D eigenvalue weighted by atomic mass is 19.1. The van der Waals surface area contributed by atoms with E-state index in [1.165, 1.54) is 12.1 Å². The van der Waals surface area contributed by atoms with Crippen molar-refractivity contribution in [2.45, 2.75) is 26.4 Å². The number of nitriles is 1. The molecule has 0 radical (unpaired) electrons. The van der Waals surface area contributed by atoms with E-state index in [2.05, 4.69) is 11.4 Å². The van der Waals surface area contributed by atoms with Crippen molar-refractivity contribution in [1.29, 1.82) is 5.26 Å². The van der Waals surface area contributed by atoms with Crippen molar-refractivity contribution in [3.8, 4) is 6.07 Å². The summed E-state index contributed by atoms with van der Waals surface area (Å²) >= 11 is 0. The van der Waals surface area contributed by atoms with Gasteiger partial charge in [0.05, 0.1) is 0 Å². The summed E-state index contributed by atoms with van der Waals surface area (Å²) in [5.74, 6) is -0.223. The summed E-state index contributed by atoms with van der Waals surface area (Å²) in [7, 11) is 1.88. The van der Waals surface area contributed by atoms with Gasteiger partial charge < -0.3 is 9.88 Å². The predicted octanol–water partition coefficient (Wildman–Crippen LogP) is 3.20. The Kier molecular flexibility index (Phi) is 4.21. The molecule has 104 valence electrons. The van der Waals surface area contributed by atoms with Gasteiger partial charge in [0, 0.05) is 25.3 Å². The van der Waals surface area contributed by atoms with E-state index < -0.39 is 0 Å². The molecule has 0 aliphatic heterocycles. The molecule has 4 heteroatoms. The van der Waals surface area contributed by atoms with Gasteiger partial charge in [0.1, 0.15) is 17.6 Å². The third kappa shape index (κ3) is 2.89. The van der Waals surface area contributed by atoms with Crippen LogP contribution in [0.1, 0.15) is 35.5 Å². The molecule has 20 heavy (non-hydrogen) atoms. The van der Waals surface area contributed by atoms with Crippen LogP contribution in [-0.4, -0.2) is 4.57 Å². The monoisotopic (exact) mass is 271 g/mol. The van der Waals surface area contributed by atoms with E-state index in [1.807, 2.05) is 37.6 Å². The first kappa shape index (κ1) is 14.3. The van der Waals surface area contributed by atoms with Crippen molar-refractivity contribution in [3.05, 3.63) is 58.7 Å². The number of hydrogen-bond donors (Lipinski definition) is 1. The van der Waals surface area contributed by atoms with Crippen LogP contribution in [0, 0.1) is 24.1 Å². The Balaban J connectivity index is 2.07. The van der Waals surface area contributed by atoms with Gasteiger partial charge >= 0.3 is 0 Å². The van der Waals surface area contributed by atoms with Crippen LogP contribution < -0.4 is 5.32 Å². The Hall–Kier alpha value is -2.12. The van der Waals surface area contributed by atoms with Crippen LogP contribution in [-0.2, 0) is 13.6 Å². The minimum absolute atomic E-state index is 0.0517. The number of benzene rings is 1. The molecular weight excluding hydrogens is 253 g/mol. The molecule has 1 N–H and O–H groups in total. The molecule has 0 aliphatic rings. The van der Waals surface area contributed by atoms with Gasteiger partial charge in [-0.25, -0.2) is 4.39 Å². The SMILES string of the molecule is Cc1c(CN[C@H](C)c2cccc(F)c2)cc(C#N)n1C. The first-order valence-corrected chi connectivity index (χ1v) is 6.57. The predicted molar refractivity (Wildman–Crippen MR) is 76.5 cm³/mol. The van der Waals surface area contributed by atoms with Crippen molar-refractivity contribution in [3.63, 3.8) is 0 Å². The molecule has 0 saturated carbocycles. The van der Waals surface area contributed by atoms with Crippen LogP contribution in [0.3, 0.4) is 0 Å². The molecule has 0 aliphatic carbocycles. The summed E-state index contributed by atoms with van der Waals surface area (Å²) in [6.07, 6.45) is 0. The average molecular weight is 271 g/mol. The van der Waals surface area contributed by atoms with Gasteiger partial charge in [0.2, 0.25) is 0 Å². The van der Waals surface area contributed by atoms with Crippen molar-refractivity contribution in [2.24, 2.45) is 7.05 Å². The van der Waals surface area contributed by atoms with Gasteiger partial charge in [-0.1, -0.05) is 12.1 Å². The zero-order chi connectivity index (χ0) is 14.7. The van der Waals surface area contributed by atoms with Crippen molar-refractivity contribution < 1.29 is 4.39 Å². The number of hydrogen-bond acceptors (Lipinski definition) is 2. The molecule has 1 aromatic carbocycles. The summed E-state index contributed by atoms with van der Waals surface area (Å²) in [6.45, 7) is 4.64. The standard InChI is InChI=1S/C16H18FN3/c1-11(13-5-4-6-15(17)7-13)19-10-14-8-16(9-18)20(3)12(14)2/h4-8,11,19H,10H2,1-3H3/t11-/m1/s1. The van der Waals surface area contributed by atoms with Crippen LogP contribution in [0.2, 0.25) is 0 Å². The van der Waals surface area contributed by atoms with Gasteiger partial charge in [-0.2, -0.15) is 5.26 Å². The fourth-order valence-electron chi connectivity index (χ4n) is 2.21. The maximum absolute atomic E-state index is 13.2. The van der Waals surface area contributed by atoms with Gasteiger partial charge in [0.25, 0.3) is 0 Å². The average Bonchev–Trinajstić information content (AvgIpc) is 2.72. The number of halogens is 1. The van der Waals surface area contributed by atoms with Crippen LogP contribution in [0.15, 0.2) is 30.3 Å². The molecule has 1 aromatic heterocycles. The fraction of sp³-hybridized carbons (Fsp3) is 0.312. The quantitative estimate of drug-likeness (QED) is 0.927. The van der Waals surface area contributed by atoms with E-state index in [1.54, 1.807) is 6.07 Å². The molecule has 1 heterocycles. The highest BCUT2D eigenvalue weighted by Crippen LogP contribution is 2.17. The minimum atomic E-state index is -0.223. The zero-order valence-corrected chi connectivity index (χ0v) is 11.9. The molecule has 0 saturated heterocycles. The lowest BCUT2D eigenvalue weighted by Gasteiger charge is -2.14. The highest BCUT2D eigenvalue weighted by Gasteiger charge is 2.11. The topological polar surface area (TPSA) is 40.8 Å². The molecule has 1 atom stereocenters. The summed E-state index contributed by atoms with van der Waals surface area (Å²) in [6, 6.07) is 10.7. The van der Waals surface area contributed by atoms with E-state index in [9.17, 15) is 4.39 Å². The van der Waals surface area contributed by atoms with Crippen LogP contribution in [0.25, 0.3) is 0 Å². The van der Waals surface area contributed by atoms with Gasteiger partial charge in [-0.15, -0.1) is 0 Å². The Morgan fingerprint density at radius 3 is 2.75 bits per heavy atom. The van der Waals surface area contributed by atoms with Crippen LogP contribution >= 0.6 is 0 Å². The van der Waals surface area contributed by atoms with Crippen molar-refractivity contribution in [1.82, 2.24) is 9.88 Å². The summed E-state index contributed by atoms with van der Waals surface area (Å²) in [5, 5.41) is 12.4. The molecule has 0 unspecified atom stereocenters. The van der Waals surface area contributed by atoms with Gasteiger partial charge in [-0.3, -0.25) is 0 Å². The number of nitrogens with zero attached hydrogens (tertiary/aromatic N) is 2. The van der Waals surface area contributed by atoms with E-state index in [4.69, 9.17) is 5.26 Å². The second-order valence-corrected chi connectivity index (χ2v) is 4.97. The first-order valence-electron chi connectivity index (χ1n) is 6.57. The molecule has 2 aromatic rings. The second-order valence-electron chi connectivity index (χ2n) is 4.97. The van der Waals surface area contributed by atoms with E-state index >= 15 is 0 Å². The normalized spacial score (nSPS) is 12.2. The Morgan fingerprint density at radius 1 is 1.40 bits per heavy atom. The minimum Gasteiger partial charge on any atom is -0.340 e. The Bertz CT molecular complexity index is 652. The van der Waals surface area contributed by atoms with E-state index in [0.29, 0.717) is 12.2 Å². The maximum atomic E-state index is 13.2. The lowest BCUT2D eigenvalue weighted by Crippen LogP contribution is -2.18. The molecule has 0 bridgehead atoms. The Morgan fingerprint density at radius 2 is 2.15 bits per heavy atom. The first-order chi connectivity index (χ1) is 9.52. The molecule has 3 nitrogen and oxygen atoms in total. The van der Waals surface area contributed by atoms with Gasteiger partial charge in [0.15, 0.2) is 0 Å². The second kappa shape index (κ2) is 5.89. The van der Waals surface area contributed by atoms with E-state index in [-0.39, 0.29) is 11.9 Å². The summed E-state index contributed by atoms with van der Waals surface area (Å²) in [5.41, 5.74) is 3.73. The smallest absolute Gasteiger partial charge is 0.123 e. The van der Waals surface area contributed by atoms with E-state index in [0.717, 1.165) is 16.8 Å². The maximum Gasteiger partial charge on any atom is 0.123 e. The largest absolute Gasteiger partial charge is 0.340 e. The molecular formula is C16H18FN3. The lowest BCUT2D eigenvalue weighted by atomic mass is 10.1. The third-order valence-corrected chi connectivity index (χ3v) is 3.70. The van der Waals surface area contributed by atoms with Crippen molar-refractivity contribution >= 4 is 0 Å². The fourth-order valence-corrected chi connectivity index (χ4v) is 2.21.